The van der Waals surface area contributed by atoms with Crippen LogP contribution in [0.3, 0.4) is 0 Å². The first kappa shape index (κ1) is 21.3. The number of piperazine rings is 1. The number of quaternary nitrogens is 1. The van der Waals surface area contributed by atoms with E-state index in [0.29, 0.717) is 0 Å². The fraction of sp³-hybridized carbons (Fsp3) is 0.579. The highest BCUT2D eigenvalue weighted by Crippen LogP contribution is 2.19. The molecule has 2 heterocycles. The van der Waals surface area contributed by atoms with E-state index in [1.54, 1.807) is 17.0 Å². The maximum atomic E-state index is 13.7. The van der Waals surface area contributed by atoms with Gasteiger partial charge in [-0.2, -0.15) is 0 Å². The molecule has 2 fully saturated rings. The van der Waals surface area contributed by atoms with Crippen molar-refractivity contribution in [2.24, 2.45) is 0 Å². The number of hydrogen-bond acceptors (Lipinski definition) is 5. The summed E-state index contributed by atoms with van der Waals surface area (Å²) in [7, 11) is 2.29. The minimum atomic E-state index is -2.07. The minimum Gasteiger partial charge on any atom is -0.539 e. The van der Waals surface area contributed by atoms with E-state index in [9.17, 15) is 4.39 Å². The quantitative estimate of drug-likeness (QED) is 0.616. The Morgan fingerprint density at radius 2 is 1.74 bits per heavy atom. The van der Waals surface area contributed by atoms with Gasteiger partial charge in [0.05, 0.1) is 20.1 Å². The largest absolute Gasteiger partial charge is 0.539 e. The Morgan fingerprint density at radius 3 is 2.26 bits per heavy atom. The molecule has 150 valence electrons. The molecule has 0 aliphatic carbocycles. The summed E-state index contributed by atoms with van der Waals surface area (Å²) in [5.41, 5.74) is 0.833. The number of halogens is 1. The molecule has 7 nitrogen and oxygen atoms in total. The van der Waals surface area contributed by atoms with Crippen molar-refractivity contribution in [1.29, 1.82) is 0 Å². The molecule has 0 bridgehead atoms. The lowest BCUT2D eigenvalue weighted by molar-refractivity contribution is -0.884. The molecular weight excluding hydrogens is 353 g/mol. The van der Waals surface area contributed by atoms with Crippen LogP contribution in [0.1, 0.15) is 18.4 Å². The van der Waals surface area contributed by atoms with Crippen LogP contribution < -0.4 is 10.0 Å². The fourth-order valence-electron chi connectivity index (χ4n) is 3.58. The van der Waals surface area contributed by atoms with E-state index >= 15 is 0 Å². The second-order valence-electron chi connectivity index (χ2n) is 7.18. The molecule has 0 spiro atoms. The first-order valence-corrected chi connectivity index (χ1v) is 9.32. The Labute approximate surface area is 159 Å². The first-order chi connectivity index (χ1) is 12.9. The summed E-state index contributed by atoms with van der Waals surface area (Å²) in [4.78, 5) is 24.8. The van der Waals surface area contributed by atoms with Gasteiger partial charge in [-0.3, -0.25) is 9.80 Å². The van der Waals surface area contributed by atoms with Crippen molar-refractivity contribution in [2.45, 2.75) is 25.4 Å². The van der Waals surface area contributed by atoms with Gasteiger partial charge in [0.25, 0.3) is 0 Å². The van der Waals surface area contributed by atoms with Crippen LogP contribution in [0.25, 0.3) is 0 Å². The van der Waals surface area contributed by atoms with E-state index in [2.05, 4.69) is 16.8 Å². The van der Waals surface area contributed by atoms with Crippen molar-refractivity contribution >= 4 is 11.9 Å². The van der Waals surface area contributed by atoms with Gasteiger partial charge in [0, 0.05) is 31.2 Å². The molecule has 27 heavy (non-hydrogen) atoms. The van der Waals surface area contributed by atoms with Gasteiger partial charge in [0.1, 0.15) is 5.82 Å². The highest BCUT2D eigenvalue weighted by molar-refractivity contribution is 6.26. The summed E-state index contributed by atoms with van der Waals surface area (Å²) in [5, 5.41) is 16.3. The van der Waals surface area contributed by atoms with Crippen LogP contribution in [0.5, 0.6) is 0 Å². The number of likely N-dealkylation sites (N-methyl/N-ethyl adjacent to an activating group) is 1. The molecule has 1 aromatic rings. The summed E-state index contributed by atoms with van der Waals surface area (Å²) >= 11 is 0. The fourth-order valence-corrected chi connectivity index (χ4v) is 3.58. The van der Waals surface area contributed by atoms with Crippen LogP contribution in [0.15, 0.2) is 24.3 Å². The highest BCUT2D eigenvalue weighted by Gasteiger charge is 2.27. The average molecular weight is 381 g/mol. The highest BCUT2D eigenvalue weighted by atomic mass is 19.1. The number of benzene rings is 1. The Morgan fingerprint density at radius 1 is 1.19 bits per heavy atom. The van der Waals surface area contributed by atoms with Crippen LogP contribution in [0.2, 0.25) is 0 Å². The van der Waals surface area contributed by atoms with E-state index in [0.717, 1.165) is 31.2 Å². The van der Waals surface area contributed by atoms with E-state index < -0.39 is 11.9 Å². The first-order valence-electron chi connectivity index (χ1n) is 9.32. The molecule has 0 atom stereocenters. The van der Waals surface area contributed by atoms with Crippen molar-refractivity contribution in [3.63, 3.8) is 0 Å². The molecule has 2 aliphatic rings. The third-order valence-electron chi connectivity index (χ3n) is 5.25. The third-order valence-corrected chi connectivity index (χ3v) is 5.25. The molecule has 3 rings (SSSR count). The summed E-state index contributed by atoms with van der Waals surface area (Å²) in [5.74, 6) is -4.08. The predicted octanol–water partition coefficient (Wildman–Crippen LogP) is -1.56. The van der Waals surface area contributed by atoms with Crippen LogP contribution >= 0.6 is 0 Å². The summed E-state index contributed by atoms with van der Waals surface area (Å²) in [6.45, 7) is 7.97. The van der Waals surface area contributed by atoms with Crippen LogP contribution in [-0.4, -0.2) is 79.2 Å². The number of carbonyl (C=O) groups excluding carboxylic acids is 1. The number of carbonyl (C=O) groups is 2. The van der Waals surface area contributed by atoms with Crippen molar-refractivity contribution < 1.29 is 29.1 Å². The Hall–Kier alpha value is -2.03. The van der Waals surface area contributed by atoms with E-state index in [1.165, 1.54) is 39.0 Å². The lowest BCUT2D eigenvalue weighted by Crippen LogP contribution is -3.12. The van der Waals surface area contributed by atoms with Crippen LogP contribution in [-0.2, 0) is 16.1 Å². The molecule has 2 saturated heterocycles. The van der Waals surface area contributed by atoms with Gasteiger partial charge in [-0.25, -0.2) is 9.18 Å². The van der Waals surface area contributed by atoms with Gasteiger partial charge >= 0.3 is 5.97 Å². The second kappa shape index (κ2) is 10.3. The molecule has 0 amide bonds. The lowest BCUT2D eigenvalue weighted by atomic mass is 10.0. The number of piperidine rings is 1. The molecule has 0 unspecified atom stereocenters. The van der Waals surface area contributed by atoms with Gasteiger partial charge in [0.15, 0.2) is 5.97 Å². The number of carboxylic acids is 2. The molecule has 8 heteroatoms. The van der Waals surface area contributed by atoms with Crippen molar-refractivity contribution in [3.05, 3.63) is 35.6 Å². The van der Waals surface area contributed by atoms with E-state index in [1.807, 2.05) is 12.1 Å². The lowest BCUT2D eigenvalue weighted by Gasteiger charge is -2.40. The Kier molecular flexibility index (Phi) is 8.15. The minimum absolute atomic E-state index is 0.0679. The van der Waals surface area contributed by atoms with Gasteiger partial charge < -0.3 is 19.9 Å². The normalized spacial score (nSPS) is 19.9. The maximum absolute atomic E-state index is 13.7. The van der Waals surface area contributed by atoms with Crippen molar-refractivity contribution in [1.82, 2.24) is 9.80 Å². The molecular formula is C19H28FN3O4. The number of likely N-dealkylation sites (tertiary alicyclic amines) is 1. The molecule has 0 aromatic heterocycles. The van der Waals surface area contributed by atoms with Crippen molar-refractivity contribution in [2.75, 3.05) is 46.3 Å². The number of rotatable bonds is 3. The number of nitrogens with zero attached hydrogens (tertiary/aromatic N) is 2. The monoisotopic (exact) mass is 381 g/mol. The molecule has 2 aliphatic heterocycles. The zero-order valence-corrected chi connectivity index (χ0v) is 15.7. The SMILES string of the molecule is C[NH+]1CCN(C2CCN(Cc3ccccc3F)CC2)CC1.O=C([O-])C(=O)O. The number of hydrogen-bond donors (Lipinski definition) is 2. The van der Waals surface area contributed by atoms with Crippen molar-refractivity contribution in [3.8, 4) is 0 Å². The maximum Gasteiger partial charge on any atom is 0.351 e. The zero-order valence-electron chi connectivity index (χ0n) is 15.7. The Bertz CT molecular complexity index is 615. The molecule has 2 N–H and O–H groups in total. The number of carboxylic acid groups (broad SMARTS) is 2. The number of aliphatic carboxylic acids is 2. The smallest absolute Gasteiger partial charge is 0.351 e. The van der Waals surface area contributed by atoms with Crippen LogP contribution in [0.4, 0.5) is 4.39 Å². The molecule has 0 radical (unpaired) electrons. The van der Waals surface area contributed by atoms with Gasteiger partial charge in [-0.05, 0) is 32.0 Å². The van der Waals surface area contributed by atoms with Gasteiger partial charge in [0.2, 0.25) is 0 Å². The standard InChI is InChI=1S/C17H26FN3.C2H2O4/c1-19-10-12-21(13-11-19)16-6-8-20(9-7-16)14-15-4-2-3-5-17(15)18;3-1(4)2(5)6/h2-5,16H,6-14H2,1H3;(H,3,4)(H,5,6). The van der Waals surface area contributed by atoms with E-state index in [4.69, 9.17) is 19.8 Å². The third kappa shape index (κ3) is 6.89. The summed E-state index contributed by atoms with van der Waals surface area (Å²) in [6, 6.07) is 7.91. The Balaban J connectivity index is 0.000000380. The predicted molar refractivity (Wildman–Crippen MR) is 95.5 cm³/mol. The number of nitrogens with one attached hydrogen (secondary N) is 1. The van der Waals surface area contributed by atoms with Crippen LogP contribution in [0, 0.1) is 5.82 Å². The second-order valence-corrected chi connectivity index (χ2v) is 7.18. The average Bonchev–Trinajstić information content (AvgIpc) is 2.65. The van der Waals surface area contributed by atoms with Gasteiger partial charge in [-0.1, -0.05) is 18.2 Å². The molecule has 0 saturated carbocycles. The summed E-state index contributed by atoms with van der Waals surface area (Å²) < 4.78 is 13.7. The van der Waals surface area contributed by atoms with Gasteiger partial charge in [-0.15, -0.1) is 0 Å². The molecule has 1 aromatic carbocycles. The topological polar surface area (TPSA) is 88.4 Å². The van der Waals surface area contributed by atoms with E-state index in [-0.39, 0.29) is 5.82 Å². The summed E-state index contributed by atoms with van der Waals surface area (Å²) in [6.07, 6.45) is 2.46. The zero-order chi connectivity index (χ0) is 19.8.